The molecule has 30 heavy (non-hydrogen) atoms. The van der Waals surface area contributed by atoms with Crippen molar-refractivity contribution in [3.63, 3.8) is 0 Å². The molecule has 12 heteroatoms. The smallest absolute Gasteiger partial charge is 0.320 e. The molecule has 0 spiro atoms. The van der Waals surface area contributed by atoms with Gasteiger partial charge in [-0.2, -0.15) is 0 Å². The van der Waals surface area contributed by atoms with Gasteiger partial charge >= 0.3 is 11.9 Å². The molecule has 0 saturated carbocycles. The van der Waals surface area contributed by atoms with Gasteiger partial charge in [0.05, 0.1) is 5.97 Å². The number of allylic oxidation sites excluding steroid dienone is 1. The van der Waals surface area contributed by atoms with Crippen LogP contribution in [0.2, 0.25) is 0 Å². The molecule has 5 atom stereocenters. The minimum absolute atomic E-state index is 0.0152. The molecule has 1 aliphatic rings. The van der Waals surface area contributed by atoms with Crippen LogP contribution >= 0.6 is 0 Å². The minimum atomic E-state index is -1.41. The highest BCUT2D eigenvalue weighted by atomic mass is 16.4. The maximum atomic E-state index is 11.1. The Morgan fingerprint density at radius 3 is 2.17 bits per heavy atom. The van der Waals surface area contributed by atoms with Crippen molar-refractivity contribution >= 4 is 17.9 Å². The van der Waals surface area contributed by atoms with Gasteiger partial charge in [-0.15, -0.1) is 0 Å². The van der Waals surface area contributed by atoms with Crippen LogP contribution in [0.3, 0.4) is 0 Å². The summed E-state index contributed by atoms with van der Waals surface area (Å²) in [6, 6.07) is -3.57. The highest BCUT2D eigenvalue weighted by molar-refractivity contribution is 5.74. The Labute approximate surface area is 173 Å². The van der Waals surface area contributed by atoms with Crippen molar-refractivity contribution in [3.8, 4) is 0 Å². The standard InChI is InChI=1S/C18H30N4O8/c19-12(16(25)26)3-1-9-6-22(7-10(23)2-4-13(20)17(27)28)8-15(24)11(9)5-14(21)18(29)30/h8,10,12-14,23-24H,1-7,19-21H2,(H,25,26)(H,27,28)(H,29,30). The molecular formula is C18H30N4O8. The highest BCUT2D eigenvalue weighted by Crippen LogP contribution is 2.23. The first-order chi connectivity index (χ1) is 13.9. The number of aliphatic hydroxyl groups is 2. The summed E-state index contributed by atoms with van der Waals surface area (Å²) in [5.74, 6) is -4.04. The molecule has 0 bridgehead atoms. The van der Waals surface area contributed by atoms with Crippen LogP contribution in [0, 0.1) is 0 Å². The average molecular weight is 430 g/mol. The number of hydrogen-bond donors (Lipinski definition) is 8. The van der Waals surface area contributed by atoms with E-state index in [2.05, 4.69) is 0 Å². The Morgan fingerprint density at radius 2 is 1.63 bits per heavy atom. The normalized spacial score (nSPS) is 20.8. The molecule has 5 unspecified atom stereocenters. The third-order valence-corrected chi connectivity index (χ3v) is 4.94. The molecule has 0 radical (unpaired) electrons. The number of hydrogen-bond acceptors (Lipinski definition) is 9. The highest BCUT2D eigenvalue weighted by Gasteiger charge is 2.29. The van der Waals surface area contributed by atoms with E-state index in [1.807, 2.05) is 0 Å². The molecule has 0 aromatic rings. The lowest BCUT2D eigenvalue weighted by molar-refractivity contribution is -0.847. The largest absolute Gasteiger partial charge is 0.548 e. The van der Waals surface area contributed by atoms with E-state index in [-0.39, 0.29) is 51.0 Å². The summed E-state index contributed by atoms with van der Waals surface area (Å²) in [5, 5.41) is 49.3. The predicted molar refractivity (Wildman–Crippen MR) is 102 cm³/mol. The van der Waals surface area contributed by atoms with Crippen LogP contribution in [0.1, 0.15) is 32.1 Å². The fourth-order valence-corrected chi connectivity index (χ4v) is 3.17. The van der Waals surface area contributed by atoms with Crippen LogP contribution in [0.5, 0.6) is 0 Å². The van der Waals surface area contributed by atoms with Gasteiger partial charge in [-0.05, 0) is 31.3 Å². The zero-order valence-electron chi connectivity index (χ0n) is 16.5. The fourth-order valence-electron chi connectivity index (χ4n) is 3.17. The number of aliphatic carboxylic acids is 3. The van der Waals surface area contributed by atoms with Crippen LogP contribution in [-0.2, 0) is 14.4 Å². The van der Waals surface area contributed by atoms with Crippen molar-refractivity contribution in [1.29, 1.82) is 0 Å². The second-order valence-corrected chi connectivity index (χ2v) is 7.44. The summed E-state index contributed by atoms with van der Waals surface area (Å²) in [6.07, 6.45) is 0.731. The van der Waals surface area contributed by atoms with E-state index in [4.69, 9.17) is 27.4 Å². The van der Waals surface area contributed by atoms with Gasteiger partial charge in [0.2, 0.25) is 0 Å². The second kappa shape index (κ2) is 11.6. The van der Waals surface area contributed by atoms with Gasteiger partial charge in [0.15, 0.2) is 5.76 Å². The number of carbonyl (C=O) groups excluding carboxylic acids is 1. The van der Waals surface area contributed by atoms with Gasteiger partial charge in [0.1, 0.15) is 37.5 Å². The maximum Gasteiger partial charge on any atom is 0.320 e. The van der Waals surface area contributed by atoms with Crippen LogP contribution in [-0.4, -0.2) is 75.7 Å². The monoisotopic (exact) mass is 430 g/mol. The molecule has 1 rings (SSSR count). The summed E-state index contributed by atoms with van der Waals surface area (Å²) in [6.45, 7) is 0.387. The number of aliphatic hydroxyl groups excluding tert-OH is 2. The number of rotatable bonds is 13. The molecule has 1 aliphatic heterocycles. The molecule has 0 fully saturated rings. The molecule has 0 amide bonds. The minimum Gasteiger partial charge on any atom is -0.548 e. The third kappa shape index (κ3) is 8.08. The number of nitrogens with one attached hydrogen (secondary N) is 1. The van der Waals surface area contributed by atoms with Crippen molar-refractivity contribution in [2.75, 3.05) is 13.1 Å². The molecule has 0 aromatic carbocycles. The lowest BCUT2D eigenvalue weighted by Crippen LogP contribution is -3.09. The number of nitrogens with two attached hydrogens (primary N) is 3. The van der Waals surface area contributed by atoms with E-state index < -0.39 is 42.1 Å². The zero-order chi connectivity index (χ0) is 23.0. The van der Waals surface area contributed by atoms with Crippen molar-refractivity contribution < 1.29 is 44.8 Å². The molecule has 0 saturated heterocycles. The van der Waals surface area contributed by atoms with Crippen molar-refractivity contribution in [2.45, 2.75) is 56.3 Å². The van der Waals surface area contributed by atoms with Gasteiger partial charge in [0, 0.05) is 18.0 Å². The molecule has 12 nitrogen and oxygen atoms in total. The van der Waals surface area contributed by atoms with Crippen LogP contribution in [0.15, 0.2) is 23.1 Å². The molecule has 170 valence electrons. The quantitative estimate of drug-likeness (QED) is 0.139. The SMILES string of the molecule is NC(CCC(O)C[NH+]1C=C(O)C(CC(N)C(=O)O)=C(CCC(N)C(=O)O)C1)C(=O)[O-]. The predicted octanol–water partition coefficient (Wildman–Crippen LogP) is -4.21. The number of carboxylic acids is 3. The Bertz CT molecular complexity index is 708. The Morgan fingerprint density at radius 1 is 1.03 bits per heavy atom. The molecule has 0 aromatic heterocycles. The molecule has 11 N–H and O–H groups in total. The summed E-state index contributed by atoms with van der Waals surface area (Å²) in [7, 11) is 0. The average Bonchev–Trinajstić information content (AvgIpc) is 2.65. The third-order valence-electron chi connectivity index (χ3n) is 4.94. The Balaban J connectivity index is 2.89. The van der Waals surface area contributed by atoms with Crippen LogP contribution < -0.4 is 27.2 Å². The van der Waals surface area contributed by atoms with Gasteiger partial charge in [0.25, 0.3) is 0 Å². The summed E-state index contributed by atoms with van der Waals surface area (Å²) >= 11 is 0. The first-order valence-corrected chi connectivity index (χ1v) is 9.50. The van der Waals surface area contributed by atoms with Gasteiger partial charge in [-0.25, -0.2) is 0 Å². The lowest BCUT2D eigenvalue weighted by atomic mass is 9.92. The topological polar surface area (TPSA) is 238 Å². The van der Waals surface area contributed by atoms with E-state index in [1.165, 1.54) is 6.20 Å². The van der Waals surface area contributed by atoms with Crippen molar-refractivity contribution in [3.05, 3.63) is 23.1 Å². The van der Waals surface area contributed by atoms with Crippen LogP contribution in [0.4, 0.5) is 0 Å². The first kappa shape index (κ1) is 25.5. The van der Waals surface area contributed by atoms with E-state index >= 15 is 0 Å². The van der Waals surface area contributed by atoms with E-state index in [9.17, 15) is 29.7 Å². The molecular weight excluding hydrogens is 400 g/mol. The van der Waals surface area contributed by atoms with Crippen molar-refractivity contribution in [2.24, 2.45) is 17.2 Å². The van der Waals surface area contributed by atoms with Crippen molar-refractivity contribution in [1.82, 2.24) is 0 Å². The summed E-state index contributed by atoms with van der Waals surface area (Å²) in [5.41, 5.74) is 17.4. The summed E-state index contributed by atoms with van der Waals surface area (Å²) in [4.78, 5) is 33.3. The Kier molecular flexibility index (Phi) is 9.89. The maximum absolute atomic E-state index is 11.1. The lowest BCUT2D eigenvalue weighted by Gasteiger charge is -2.27. The van der Waals surface area contributed by atoms with E-state index in [0.29, 0.717) is 16.0 Å². The number of carboxylic acid groups (broad SMARTS) is 3. The molecule has 1 heterocycles. The molecule has 0 aliphatic carbocycles. The van der Waals surface area contributed by atoms with Gasteiger partial charge < -0.3 is 47.5 Å². The van der Waals surface area contributed by atoms with E-state index in [1.54, 1.807) is 0 Å². The van der Waals surface area contributed by atoms with Gasteiger partial charge in [-0.1, -0.05) is 0 Å². The first-order valence-electron chi connectivity index (χ1n) is 9.50. The van der Waals surface area contributed by atoms with E-state index in [0.717, 1.165) is 0 Å². The fraction of sp³-hybridized carbons (Fsp3) is 0.611. The van der Waals surface area contributed by atoms with Crippen LogP contribution in [0.25, 0.3) is 0 Å². The number of quaternary nitrogens is 1. The number of carbonyl (C=O) groups is 3. The Hall–Kier alpha value is -2.51. The summed E-state index contributed by atoms with van der Waals surface area (Å²) < 4.78 is 0. The second-order valence-electron chi connectivity index (χ2n) is 7.44. The van der Waals surface area contributed by atoms with Gasteiger partial charge in [-0.3, -0.25) is 14.5 Å². The zero-order valence-corrected chi connectivity index (χ0v) is 16.5.